The second-order valence-electron chi connectivity index (χ2n) is 6.81. The van der Waals surface area contributed by atoms with Crippen molar-refractivity contribution in [2.45, 2.75) is 63.2 Å². The first-order valence-corrected chi connectivity index (χ1v) is 8.75. The Hall–Kier alpha value is -2.12. The van der Waals surface area contributed by atoms with Crippen LogP contribution in [0.5, 0.6) is 0 Å². The first-order chi connectivity index (χ1) is 12.0. The van der Waals surface area contributed by atoms with Crippen molar-refractivity contribution in [2.24, 2.45) is 0 Å². The fraction of sp³-hybridized carbons (Fsp3) is 0.588. The summed E-state index contributed by atoms with van der Waals surface area (Å²) in [5.41, 5.74) is 1.18. The molecule has 0 saturated heterocycles. The van der Waals surface area contributed by atoms with Crippen LogP contribution >= 0.6 is 0 Å². The summed E-state index contributed by atoms with van der Waals surface area (Å²) < 4.78 is 40.5. The number of anilines is 1. The van der Waals surface area contributed by atoms with Crippen molar-refractivity contribution in [1.29, 1.82) is 0 Å². The van der Waals surface area contributed by atoms with Gasteiger partial charge in [0.05, 0.1) is 17.8 Å². The lowest BCUT2D eigenvalue weighted by Gasteiger charge is -2.22. The first-order valence-electron chi connectivity index (χ1n) is 8.75. The highest BCUT2D eigenvalue weighted by Crippen LogP contribution is 2.35. The van der Waals surface area contributed by atoms with Gasteiger partial charge in [-0.15, -0.1) is 0 Å². The van der Waals surface area contributed by atoms with Crippen LogP contribution in [-0.4, -0.2) is 19.7 Å². The number of aromatic nitrogens is 4. The molecule has 0 aliphatic heterocycles. The number of hydrogen-bond donors (Lipinski definition) is 1. The third-order valence-corrected chi connectivity index (χ3v) is 5.06. The van der Waals surface area contributed by atoms with Crippen LogP contribution in [0, 0.1) is 0 Å². The Morgan fingerprint density at radius 3 is 2.68 bits per heavy atom. The zero-order valence-corrected chi connectivity index (χ0v) is 13.8. The second-order valence-corrected chi connectivity index (χ2v) is 6.81. The molecule has 25 heavy (non-hydrogen) atoms. The molecule has 1 unspecified atom stereocenters. The standard InChI is InChI=1S/C17H20F3N5/c18-17(19,20)14-8-9-21-16(23-14)22-13-7-3-4-11-10-25(24-15(11)13)12-5-1-2-6-12/h8-10,12-13H,1-7H2,(H,21,22,23). The van der Waals surface area contributed by atoms with E-state index < -0.39 is 11.9 Å². The molecule has 0 radical (unpaired) electrons. The minimum absolute atomic E-state index is 0.00286. The Balaban J connectivity index is 1.57. The Labute approximate surface area is 143 Å². The van der Waals surface area contributed by atoms with Crippen molar-refractivity contribution in [3.05, 3.63) is 35.4 Å². The first kappa shape index (κ1) is 16.4. The molecule has 1 fully saturated rings. The van der Waals surface area contributed by atoms with E-state index in [-0.39, 0.29) is 12.0 Å². The molecule has 8 heteroatoms. The summed E-state index contributed by atoms with van der Waals surface area (Å²) >= 11 is 0. The minimum Gasteiger partial charge on any atom is -0.346 e. The Morgan fingerprint density at radius 2 is 1.92 bits per heavy atom. The molecule has 1 N–H and O–H groups in total. The van der Waals surface area contributed by atoms with E-state index in [4.69, 9.17) is 5.10 Å². The van der Waals surface area contributed by atoms with Gasteiger partial charge in [0.1, 0.15) is 5.69 Å². The molecule has 0 amide bonds. The smallest absolute Gasteiger partial charge is 0.346 e. The van der Waals surface area contributed by atoms with E-state index in [0.29, 0.717) is 6.04 Å². The maximum absolute atomic E-state index is 12.8. The van der Waals surface area contributed by atoms with Crippen molar-refractivity contribution >= 4 is 5.95 Å². The molecule has 0 aromatic carbocycles. The molecule has 2 aromatic rings. The van der Waals surface area contributed by atoms with Crippen LogP contribution in [0.3, 0.4) is 0 Å². The van der Waals surface area contributed by atoms with Crippen LogP contribution in [0.15, 0.2) is 18.5 Å². The summed E-state index contributed by atoms with van der Waals surface area (Å²) in [5.74, 6) is 0.00286. The molecular formula is C17H20F3N5. The van der Waals surface area contributed by atoms with Gasteiger partial charge in [0.15, 0.2) is 0 Å². The zero-order valence-electron chi connectivity index (χ0n) is 13.8. The van der Waals surface area contributed by atoms with E-state index >= 15 is 0 Å². The predicted octanol–water partition coefficient (Wildman–Crippen LogP) is 4.30. The summed E-state index contributed by atoms with van der Waals surface area (Å²) in [6, 6.07) is 1.19. The van der Waals surface area contributed by atoms with Crippen LogP contribution < -0.4 is 5.32 Å². The normalized spacial score (nSPS) is 21.3. The van der Waals surface area contributed by atoms with Gasteiger partial charge in [0.2, 0.25) is 5.95 Å². The van der Waals surface area contributed by atoms with Gasteiger partial charge in [-0.3, -0.25) is 4.68 Å². The number of halogens is 3. The summed E-state index contributed by atoms with van der Waals surface area (Å²) in [6.07, 6.45) is 6.29. The monoisotopic (exact) mass is 351 g/mol. The molecule has 0 bridgehead atoms. The Kier molecular flexibility index (Phi) is 4.13. The lowest BCUT2D eigenvalue weighted by atomic mass is 9.94. The van der Waals surface area contributed by atoms with Crippen LogP contribution in [0.1, 0.15) is 67.6 Å². The SMILES string of the molecule is FC(F)(F)c1ccnc(NC2CCCc3cn(C4CCCC4)nc32)n1. The van der Waals surface area contributed by atoms with Crippen molar-refractivity contribution in [1.82, 2.24) is 19.7 Å². The van der Waals surface area contributed by atoms with Crippen molar-refractivity contribution in [3.63, 3.8) is 0 Å². The van der Waals surface area contributed by atoms with Gasteiger partial charge < -0.3 is 5.32 Å². The van der Waals surface area contributed by atoms with Crippen LogP contribution in [-0.2, 0) is 12.6 Å². The van der Waals surface area contributed by atoms with Crippen molar-refractivity contribution < 1.29 is 13.2 Å². The van der Waals surface area contributed by atoms with Gasteiger partial charge in [-0.25, -0.2) is 9.97 Å². The van der Waals surface area contributed by atoms with Crippen LogP contribution in [0.2, 0.25) is 0 Å². The van der Waals surface area contributed by atoms with Gasteiger partial charge >= 0.3 is 6.18 Å². The maximum Gasteiger partial charge on any atom is 0.433 e. The summed E-state index contributed by atoms with van der Waals surface area (Å²) in [7, 11) is 0. The number of alkyl halides is 3. The van der Waals surface area contributed by atoms with Gasteiger partial charge in [-0.05, 0) is 43.7 Å². The lowest BCUT2D eigenvalue weighted by Crippen LogP contribution is -2.20. The molecule has 2 aliphatic carbocycles. The number of nitrogens with one attached hydrogen (secondary N) is 1. The Morgan fingerprint density at radius 1 is 1.12 bits per heavy atom. The highest BCUT2D eigenvalue weighted by atomic mass is 19.4. The highest BCUT2D eigenvalue weighted by molar-refractivity contribution is 5.34. The second kappa shape index (κ2) is 6.31. The third kappa shape index (κ3) is 3.34. The molecule has 1 saturated carbocycles. The zero-order chi connectivity index (χ0) is 17.4. The minimum atomic E-state index is -4.47. The van der Waals surface area contributed by atoms with Gasteiger partial charge in [0.25, 0.3) is 0 Å². The molecule has 2 aliphatic rings. The average molecular weight is 351 g/mol. The van der Waals surface area contributed by atoms with Crippen LogP contribution in [0.25, 0.3) is 0 Å². The largest absolute Gasteiger partial charge is 0.433 e. The third-order valence-electron chi connectivity index (χ3n) is 5.06. The van der Waals surface area contributed by atoms with Crippen molar-refractivity contribution in [3.8, 4) is 0 Å². The molecule has 5 nitrogen and oxygen atoms in total. The molecule has 134 valence electrons. The van der Waals surface area contributed by atoms with E-state index in [2.05, 4.69) is 26.2 Å². The maximum atomic E-state index is 12.8. The Bertz CT molecular complexity index is 749. The van der Waals surface area contributed by atoms with Crippen molar-refractivity contribution in [2.75, 3.05) is 5.32 Å². The quantitative estimate of drug-likeness (QED) is 0.896. The van der Waals surface area contributed by atoms with Gasteiger partial charge in [-0.2, -0.15) is 18.3 Å². The summed E-state index contributed by atoms with van der Waals surface area (Å²) in [5, 5.41) is 7.81. The highest BCUT2D eigenvalue weighted by Gasteiger charge is 2.33. The number of aryl methyl sites for hydroxylation is 1. The number of hydrogen-bond acceptors (Lipinski definition) is 4. The topological polar surface area (TPSA) is 55.6 Å². The average Bonchev–Trinajstić information content (AvgIpc) is 3.24. The number of nitrogens with zero attached hydrogens (tertiary/aromatic N) is 4. The predicted molar refractivity (Wildman–Crippen MR) is 86.1 cm³/mol. The van der Waals surface area contributed by atoms with E-state index in [0.717, 1.165) is 50.1 Å². The van der Waals surface area contributed by atoms with E-state index in [1.165, 1.54) is 18.4 Å². The fourth-order valence-electron chi connectivity index (χ4n) is 3.80. The van der Waals surface area contributed by atoms with Gasteiger partial charge in [0, 0.05) is 12.4 Å². The molecule has 2 heterocycles. The van der Waals surface area contributed by atoms with Crippen LogP contribution in [0.4, 0.5) is 19.1 Å². The molecule has 4 rings (SSSR count). The van der Waals surface area contributed by atoms with E-state index in [1.54, 1.807) is 0 Å². The molecule has 1 atom stereocenters. The van der Waals surface area contributed by atoms with Gasteiger partial charge in [-0.1, -0.05) is 12.8 Å². The summed E-state index contributed by atoms with van der Waals surface area (Å²) in [6.45, 7) is 0. The lowest BCUT2D eigenvalue weighted by molar-refractivity contribution is -0.141. The number of fused-ring (bicyclic) bond motifs is 1. The summed E-state index contributed by atoms with van der Waals surface area (Å²) in [4.78, 5) is 7.56. The number of rotatable bonds is 3. The molecule has 2 aromatic heterocycles. The fourth-order valence-corrected chi connectivity index (χ4v) is 3.80. The van der Waals surface area contributed by atoms with E-state index in [1.807, 2.05) is 0 Å². The molecular weight excluding hydrogens is 331 g/mol. The van der Waals surface area contributed by atoms with E-state index in [9.17, 15) is 13.2 Å². The molecule has 0 spiro atoms.